The number of aromatic amines is 1. The number of nitrogens with one attached hydrogen (secondary N) is 1. The van der Waals surface area contributed by atoms with Crippen molar-refractivity contribution >= 4 is 23.8 Å². The molecule has 10 nitrogen and oxygen atoms in total. The van der Waals surface area contributed by atoms with Crippen LogP contribution >= 0.6 is 11.8 Å². The van der Waals surface area contributed by atoms with Gasteiger partial charge >= 0.3 is 5.97 Å². The van der Waals surface area contributed by atoms with Gasteiger partial charge in [-0.2, -0.15) is 0 Å². The number of hydrogen-bond acceptors (Lipinski definition) is 9. The van der Waals surface area contributed by atoms with Crippen LogP contribution in [0.5, 0.6) is 28.7 Å². The topological polar surface area (TPSA) is 125 Å². The van der Waals surface area contributed by atoms with Gasteiger partial charge in [-0.05, 0) is 42.1 Å². The molecule has 0 aliphatic carbocycles. The van der Waals surface area contributed by atoms with Crippen LogP contribution in [0.25, 0.3) is 17.5 Å². The van der Waals surface area contributed by atoms with E-state index in [1.54, 1.807) is 44.6 Å². The van der Waals surface area contributed by atoms with Gasteiger partial charge in [0.25, 0.3) is 0 Å². The van der Waals surface area contributed by atoms with Gasteiger partial charge < -0.3 is 28.8 Å². The summed E-state index contributed by atoms with van der Waals surface area (Å²) in [6.07, 6.45) is 1.46. The Labute approximate surface area is 194 Å². The van der Waals surface area contributed by atoms with E-state index in [0.29, 0.717) is 45.7 Å². The molecule has 1 heterocycles. The van der Waals surface area contributed by atoms with Crippen LogP contribution in [0.2, 0.25) is 0 Å². The highest BCUT2D eigenvalue weighted by Gasteiger charge is 2.19. The van der Waals surface area contributed by atoms with Crippen molar-refractivity contribution in [1.29, 1.82) is 0 Å². The molecule has 11 heteroatoms. The van der Waals surface area contributed by atoms with E-state index in [9.17, 15) is 9.90 Å². The zero-order valence-electron chi connectivity index (χ0n) is 18.7. The second-order valence-corrected chi connectivity index (χ2v) is 7.42. The Morgan fingerprint density at radius 2 is 1.61 bits per heavy atom. The largest absolute Gasteiger partial charge is 0.497 e. The number of methoxy groups -OCH3 is 5. The van der Waals surface area contributed by atoms with Crippen LogP contribution in [-0.4, -0.2) is 61.8 Å². The molecular formula is C22H23N3O7S. The van der Waals surface area contributed by atoms with Gasteiger partial charge in [0.05, 0.1) is 35.5 Å². The van der Waals surface area contributed by atoms with Gasteiger partial charge in [-0.3, -0.25) is 5.10 Å². The number of aromatic nitrogens is 3. The third-order valence-corrected chi connectivity index (χ3v) is 5.40. The third-order valence-electron chi connectivity index (χ3n) is 4.52. The van der Waals surface area contributed by atoms with Gasteiger partial charge in [0.15, 0.2) is 17.3 Å². The van der Waals surface area contributed by atoms with E-state index in [0.717, 1.165) is 11.8 Å². The molecule has 2 aromatic carbocycles. The molecule has 0 amide bonds. The molecule has 0 saturated carbocycles. The summed E-state index contributed by atoms with van der Waals surface area (Å²) in [5, 5.41) is 16.9. The molecule has 0 saturated heterocycles. The summed E-state index contributed by atoms with van der Waals surface area (Å²) < 4.78 is 26.6. The van der Waals surface area contributed by atoms with Crippen molar-refractivity contribution in [2.75, 3.05) is 35.5 Å². The van der Waals surface area contributed by atoms with Crippen LogP contribution in [0, 0.1) is 0 Å². The van der Waals surface area contributed by atoms with E-state index < -0.39 is 5.97 Å². The highest BCUT2D eigenvalue weighted by atomic mass is 32.2. The quantitative estimate of drug-likeness (QED) is 0.332. The summed E-state index contributed by atoms with van der Waals surface area (Å²) in [6.45, 7) is 0. The average molecular weight is 474 g/mol. The molecule has 0 bridgehead atoms. The molecule has 33 heavy (non-hydrogen) atoms. The number of aliphatic carboxylic acids is 1. The lowest BCUT2D eigenvalue weighted by molar-refractivity contribution is -0.131. The minimum Gasteiger partial charge on any atom is -0.497 e. The molecule has 1 aromatic heterocycles. The van der Waals surface area contributed by atoms with E-state index in [-0.39, 0.29) is 10.1 Å². The predicted octanol–water partition coefficient (Wildman–Crippen LogP) is 3.73. The van der Waals surface area contributed by atoms with Crippen molar-refractivity contribution in [3.05, 3.63) is 40.8 Å². The van der Waals surface area contributed by atoms with E-state index in [2.05, 4.69) is 15.2 Å². The van der Waals surface area contributed by atoms with Crippen molar-refractivity contribution in [1.82, 2.24) is 15.2 Å². The minimum absolute atomic E-state index is 0.0192. The first kappa shape index (κ1) is 23.8. The molecule has 0 aliphatic heterocycles. The molecule has 3 aromatic rings. The van der Waals surface area contributed by atoms with Crippen molar-refractivity contribution in [2.45, 2.75) is 5.16 Å². The Morgan fingerprint density at radius 1 is 0.939 bits per heavy atom. The summed E-state index contributed by atoms with van der Waals surface area (Å²) in [7, 11) is 7.54. The molecule has 174 valence electrons. The summed E-state index contributed by atoms with van der Waals surface area (Å²) in [6, 6.07) is 8.60. The van der Waals surface area contributed by atoms with Crippen molar-refractivity contribution in [2.24, 2.45) is 0 Å². The number of rotatable bonds is 10. The monoisotopic (exact) mass is 473 g/mol. The fraction of sp³-hybridized carbons (Fsp3) is 0.227. The molecule has 3 rings (SSSR count). The first-order chi connectivity index (χ1) is 15.9. The lowest BCUT2D eigenvalue weighted by Gasteiger charge is -2.14. The predicted molar refractivity (Wildman–Crippen MR) is 122 cm³/mol. The fourth-order valence-electron chi connectivity index (χ4n) is 2.98. The second kappa shape index (κ2) is 10.6. The Kier molecular flexibility index (Phi) is 7.67. The summed E-state index contributed by atoms with van der Waals surface area (Å²) >= 11 is 0.888. The molecule has 2 N–H and O–H groups in total. The van der Waals surface area contributed by atoms with E-state index in [4.69, 9.17) is 23.7 Å². The normalized spacial score (nSPS) is 11.1. The SMILES string of the molecule is COc1cc(OC)cc(-c2nc(S/C(=C\c3ccc(OC)c(OC)c3OC)C(=O)O)n[nH]2)c1. The lowest BCUT2D eigenvalue weighted by Crippen LogP contribution is -2.00. The molecular weight excluding hydrogens is 450 g/mol. The number of nitrogens with zero attached hydrogens (tertiary/aromatic N) is 2. The van der Waals surface area contributed by atoms with Crippen molar-refractivity contribution in [3.63, 3.8) is 0 Å². The average Bonchev–Trinajstić information content (AvgIpc) is 3.31. The van der Waals surface area contributed by atoms with Crippen LogP contribution in [0.4, 0.5) is 0 Å². The number of benzene rings is 2. The first-order valence-electron chi connectivity index (χ1n) is 9.51. The van der Waals surface area contributed by atoms with Crippen molar-refractivity contribution < 1.29 is 33.6 Å². The summed E-state index contributed by atoms with van der Waals surface area (Å²) in [5.74, 6) is 1.62. The highest BCUT2D eigenvalue weighted by Crippen LogP contribution is 2.41. The van der Waals surface area contributed by atoms with E-state index in [1.165, 1.54) is 27.4 Å². The Balaban J connectivity index is 1.95. The second-order valence-electron chi connectivity index (χ2n) is 6.41. The van der Waals surface area contributed by atoms with Gasteiger partial charge in [-0.1, -0.05) is 0 Å². The van der Waals surface area contributed by atoms with Gasteiger partial charge in [-0.25, -0.2) is 9.78 Å². The van der Waals surface area contributed by atoms with E-state index in [1.807, 2.05) is 0 Å². The molecule has 0 atom stereocenters. The number of ether oxygens (including phenoxy) is 5. The summed E-state index contributed by atoms with van der Waals surface area (Å²) in [4.78, 5) is 16.3. The molecule has 0 fully saturated rings. The van der Waals surface area contributed by atoms with Gasteiger partial charge in [0.2, 0.25) is 10.9 Å². The van der Waals surface area contributed by atoms with Crippen LogP contribution in [-0.2, 0) is 4.79 Å². The zero-order chi connectivity index (χ0) is 24.0. The van der Waals surface area contributed by atoms with Crippen LogP contribution in [0.1, 0.15) is 5.56 Å². The number of carbonyl (C=O) groups is 1. The number of hydrogen-bond donors (Lipinski definition) is 2. The highest BCUT2D eigenvalue weighted by molar-refractivity contribution is 8.04. The van der Waals surface area contributed by atoms with Gasteiger partial charge in [0, 0.05) is 17.2 Å². The molecule has 0 aliphatic rings. The van der Waals surface area contributed by atoms with Crippen molar-refractivity contribution in [3.8, 4) is 40.1 Å². The van der Waals surface area contributed by atoms with Crippen LogP contribution in [0.15, 0.2) is 40.4 Å². The maximum Gasteiger partial charge on any atom is 0.342 e. The number of H-pyrrole nitrogens is 1. The lowest BCUT2D eigenvalue weighted by atomic mass is 10.1. The molecule has 0 spiro atoms. The van der Waals surface area contributed by atoms with Crippen LogP contribution < -0.4 is 23.7 Å². The minimum atomic E-state index is -1.15. The summed E-state index contributed by atoms with van der Waals surface area (Å²) in [5.41, 5.74) is 1.17. The fourth-order valence-corrected chi connectivity index (χ4v) is 3.68. The van der Waals surface area contributed by atoms with Gasteiger partial charge in [-0.15, -0.1) is 5.10 Å². The number of thioether (sulfide) groups is 1. The number of carboxylic acid groups (broad SMARTS) is 1. The van der Waals surface area contributed by atoms with Crippen LogP contribution in [0.3, 0.4) is 0 Å². The standard InChI is InChI=1S/C22H23N3O7S/c1-28-14-8-13(9-15(11-14)29-2)20-23-22(25-24-20)33-17(21(26)27)10-12-6-7-16(30-3)19(32-5)18(12)31-4/h6-11H,1-5H3,(H,26,27)(H,23,24,25)/b17-10-. The third kappa shape index (κ3) is 5.32. The zero-order valence-corrected chi connectivity index (χ0v) is 19.5. The maximum atomic E-state index is 11.9. The smallest absolute Gasteiger partial charge is 0.342 e. The number of carboxylic acids is 1. The maximum absolute atomic E-state index is 11.9. The molecule has 0 unspecified atom stereocenters. The Morgan fingerprint density at radius 3 is 2.15 bits per heavy atom. The Bertz CT molecular complexity index is 1150. The van der Waals surface area contributed by atoms with Gasteiger partial charge in [0.1, 0.15) is 16.4 Å². The first-order valence-corrected chi connectivity index (χ1v) is 10.3. The Hall–Kier alpha value is -3.86. The molecule has 0 radical (unpaired) electrons. The van der Waals surface area contributed by atoms with E-state index >= 15 is 0 Å².